The number of para-hydroxylation sites is 1. The van der Waals surface area contributed by atoms with Gasteiger partial charge in [0.15, 0.2) is 0 Å². The lowest BCUT2D eigenvalue weighted by atomic mass is 10.0. The Bertz CT molecular complexity index is 1200. The van der Waals surface area contributed by atoms with Crippen LogP contribution in [0.5, 0.6) is 0 Å². The highest BCUT2D eigenvalue weighted by atomic mass is 32.1. The molecule has 6 heteroatoms. The van der Waals surface area contributed by atoms with Crippen molar-refractivity contribution < 1.29 is 9.53 Å². The van der Waals surface area contributed by atoms with Crippen LogP contribution in [-0.2, 0) is 11.2 Å². The number of aryl methyl sites for hydroxylation is 1. The highest BCUT2D eigenvalue weighted by Gasteiger charge is 2.21. The third kappa shape index (κ3) is 4.59. The molecular formula is C25H25N3O2S. The maximum atomic E-state index is 12.8. The average molecular weight is 432 g/mol. The standard InChI is InChI=1S/C25H25N3O2S/c1-16(2)19-11-7-8-12-20(19)28-23-21-17(3)22(31-24(21)27-15-26-23)25(29)30-14-13-18-9-5-4-6-10-18/h4-12,15-16H,13-14H2,1-3H3,(H,26,27,28). The van der Waals surface area contributed by atoms with Crippen LogP contribution in [-0.4, -0.2) is 22.5 Å². The molecule has 5 nitrogen and oxygen atoms in total. The largest absolute Gasteiger partial charge is 0.461 e. The van der Waals surface area contributed by atoms with E-state index in [1.54, 1.807) is 0 Å². The maximum Gasteiger partial charge on any atom is 0.348 e. The average Bonchev–Trinajstić information content (AvgIpc) is 3.12. The SMILES string of the molecule is Cc1c(C(=O)OCCc2ccccc2)sc2ncnc(Nc3ccccc3C(C)C)c12. The maximum absolute atomic E-state index is 12.8. The van der Waals surface area contributed by atoms with Crippen molar-refractivity contribution in [3.8, 4) is 0 Å². The van der Waals surface area contributed by atoms with Crippen LogP contribution in [0.25, 0.3) is 10.2 Å². The monoisotopic (exact) mass is 431 g/mol. The smallest absolute Gasteiger partial charge is 0.348 e. The second kappa shape index (κ2) is 9.27. The highest BCUT2D eigenvalue weighted by Crippen LogP contribution is 2.36. The van der Waals surface area contributed by atoms with Gasteiger partial charge < -0.3 is 10.1 Å². The number of anilines is 2. The van der Waals surface area contributed by atoms with Crippen LogP contribution in [0.2, 0.25) is 0 Å². The van der Waals surface area contributed by atoms with Gasteiger partial charge in [0.25, 0.3) is 0 Å². The first-order valence-corrected chi connectivity index (χ1v) is 11.2. The van der Waals surface area contributed by atoms with Gasteiger partial charge >= 0.3 is 5.97 Å². The van der Waals surface area contributed by atoms with E-state index in [9.17, 15) is 4.79 Å². The van der Waals surface area contributed by atoms with Crippen molar-refractivity contribution in [1.82, 2.24) is 9.97 Å². The van der Waals surface area contributed by atoms with Crippen LogP contribution in [0.15, 0.2) is 60.9 Å². The number of rotatable bonds is 7. The summed E-state index contributed by atoms with van der Waals surface area (Å²) in [4.78, 5) is 23.0. The molecule has 0 aliphatic rings. The molecule has 4 rings (SSSR count). The molecule has 0 amide bonds. The third-order valence-corrected chi connectivity index (χ3v) is 6.39. The van der Waals surface area contributed by atoms with E-state index >= 15 is 0 Å². The van der Waals surface area contributed by atoms with E-state index in [4.69, 9.17) is 4.74 Å². The van der Waals surface area contributed by atoms with Gasteiger partial charge in [-0.25, -0.2) is 14.8 Å². The summed E-state index contributed by atoms with van der Waals surface area (Å²) >= 11 is 1.35. The third-order valence-electron chi connectivity index (χ3n) is 5.21. The molecule has 2 aromatic heterocycles. The predicted molar refractivity (Wildman–Crippen MR) is 126 cm³/mol. The fraction of sp³-hybridized carbons (Fsp3) is 0.240. The molecule has 0 aliphatic carbocycles. The first-order chi connectivity index (χ1) is 15.0. The number of fused-ring (bicyclic) bond motifs is 1. The number of aromatic nitrogens is 2. The van der Waals surface area contributed by atoms with E-state index < -0.39 is 0 Å². The summed E-state index contributed by atoms with van der Waals surface area (Å²) in [6.45, 7) is 6.59. The summed E-state index contributed by atoms with van der Waals surface area (Å²) < 4.78 is 5.55. The molecular weight excluding hydrogens is 406 g/mol. The van der Waals surface area contributed by atoms with Crippen LogP contribution >= 0.6 is 11.3 Å². The summed E-state index contributed by atoms with van der Waals surface area (Å²) in [7, 11) is 0. The van der Waals surface area contributed by atoms with E-state index in [-0.39, 0.29) is 5.97 Å². The molecule has 0 saturated carbocycles. The van der Waals surface area contributed by atoms with Crippen molar-refractivity contribution in [3.63, 3.8) is 0 Å². The van der Waals surface area contributed by atoms with Crippen molar-refractivity contribution >= 4 is 39.0 Å². The first kappa shape index (κ1) is 21.0. The predicted octanol–water partition coefficient (Wildman–Crippen LogP) is 6.27. The van der Waals surface area contributed by atoms with Gasteiger partial charge in [-0.05, 0) is 35.6 Å². The summed E-state index contributed by atoms with van der Waals surface area (Å²) in [6.07, 6.45) is 2.22. The molecule has 2 aromatic carbocycles. The lowest BCUT2D eigenvalue weighted by Crippen LogP contribution is -2.07. The van der Waals surface area contributed by atoms with Gasteiger partial charge in [0.05, 0.1) is 12.0 Å². The Balaban J connectivity index is 1.57. The Morgan fingerprint density at radius 1 is 1.06 bits per heavy atom. The van der Waals surface area contributed by atoms with Gasteiger partial charge in [-0.3, -0.25) is 0 Å². The number of carbonyl (C=O) groups excluding carboxylic acids is 1. The lowest BCUT2D eigenvalue weighted by molar-refractivity contribution is 0.0514. The van der Waals surface area contributed by atoms with E-state index in [0.717, 1.165) is 27.0 Å². The van der Waals surface area contributed by atoms with Gasteiger partial charge in [-0.15, -0.1) is 11.3 Å². The minimum atomic E-state index is -0.315. The number of thiophene rings is 1. The highest BCUT2D eigenvalue weighted by molar-refractivity contribution is 7.20. The zero-order chi connectivity index (χ0) is 21.8. The van der Waals surface area contributed by atoms with Crippen LogP contribution in [0.3, 0.4) is 0 Å². The number of benzene rings is 2. The van der Waals surface area contributed by atoms with Gasteiger partial charge in [0.2, 0.25) is 0 Å². The number of nitrogens with one attached hydrogen (secondary N) is 1. The van der Waals surface area contributed by atoms with E-state index in [1.807, 2.05) is 55.5 Å². The molecule has 1 N–H and O–H groups in total. The summed E-state index contributed by atoms with van der Waals surface area (Å²) in [5.74, 6) is 0.764. The molecule has 0 spiro atoms. The zero-order valence-electron chi connectivity index (χ0n) is 17.9. The summed E-state index contributed by atoms with van der Waals surface area (Å²) in [5.41, 5.74) is 4.21. The molecule has 2 heterocycles. The topological polar surface area (TPSA) is 64.1 Å². The van der Waals surface area contributed by atoms with E-state index in [0.29, 0.717) is 29.6 Å². The fourth-order valence-electron chi connectivity index (χ4n) is 3.57. The molecule has 0 aliphatic heterocycles. The van der Waals surface area contributed by atoms with Crippen molar-refractivity contribution in [3.05, 3.63) is 82.5 Å². The Morgan fingerprint density at radius 3 is 2.58 bits per heavy atom. The van der Waals surface area contributed by atoms with Crippen molar-refractivity contribution in [2.24, 2.45) is 0 Å². The fourth-order valence-corrected chi connectivity index (χ4v) is 4.62. The summed E-state index contributed by atoms with van der Waals surface area (Å²) in [6, 6.07) is 18.2. The number of carbonyl (C=O) groups is 1. The Morgan fingerprint density at radius 2 is 1.81 bits per heavy atom. The van der Waals surface area contributed by atoms with Gasteiger partial charge in [0, 0.05) is 12.1 Å². The minimum Gasteiger partial charge on any atom is -0.461 e. The van der Waals surface area contributed by atoms with E-state index in [1.165, 1.54) is 23.2 Å². The quantitative estimate of drug-likeness (QED) is 0.350. The number of hydrogen-bond acceptors (Lipinski definition) is 6. The molecule has 0 radical (unpaired) electrons. The van der Waals surface area contributed by atoms with Crippen LogP contribution in [0, 0.1) is 6.92 Å². The number of esters is 1. The van der Waals surface area contributed by atoms with Crippen LogP contribution in [0.4, 0.5) is 11.5 Å². The minimum absolute atomic E-state index is 0.315. The van der Waals surface area contributed by atoms with Gasteiger partial charge in [-0.2, -0.15) is 0 Å². The molecule has 158 valence electrons. The Labute approximate surface area is 186 Å². The second-order valence-corrected chi connectivity index (χ2v) is 8.70. The van der Waals surface area contributed by atoms with Crippen molar-refractivity contribution in [2.75, 3.05) is 11.9 Å². The van der Waals surface area contributed by atoms with Crippen molar-refractivity contribution in [1.29, 1.82) is 0 Å². The molecule has 4 aromatic rings. The Kier molecular flexibility index (Phi) is 6.28. The normalized spacial score (nSPS) is 11.1. The molecule has 0 fully saturated rings. The van der Waals surface area contributed by atoms with Gasteiger partial charge in [-0.1, -0.05) is 62.4 Å². The number of ether oxygens (including phenoxy) is 1. The molecule has 31 heavy (non-hydrogen) atoms. The summed E-state index contributed by atoms with van der Waals surface area (Å²) in [5, 5.41) is 4.32. The van der Waals surface area contributed by atoms with E-state index in [2.05, 4.69) is 35.2 Å². The molecule has 0 bridgehead atoms. The first-order valence-electron chi connectivity index (χ1n) is 10.4. The van der Waals surface area contributed by atoms with Gasteiger partial charge in [0.1, 0.15) is 21.9 Å². The number of hydrogen-bond donors (Lipinski definition) is 1. The van der Waals surface area contributed by atoms with Crippen LogP contribution < -0.4 is 5.32 Å². The zero-order valence-corrected chi connectivity index (χ0v) is 18.7. The molecule has 0 saturated heterocycles. The molecule has 0 unspecified atom stereocenters. The van der Waals surface area contributed by atoms with Crippen LogP contribution in [0.1, 0.15) is 46.1 Å². The second-order valence-electron chi connectivity index (χ2n) is 7.70. The van der Waals surface area contributed by atoms with Crippen molar-refractivity contribution in [2.45, 2.75) is 33.1 Å². The lowest BCUT2D eigenvalue weighted by Gasteiger charge is -2.14. The molecule has 0 atom stereocenters. The Hall–Kier alpha value is -3.25. The number of nitrogens with zero attached hydrogens (tertiary/aromatic N) is 2.